The van der Waals surface area contributed by atoms with Gasteiger partial charge < -0.3 is 14.2 Å². The third-order valence-corrected chi connectivity index (χ3v) is 4.96. The first-order valence-corrected chi connectivity index (χ1v) is 10.5. The predicted octanol–water partition coefficient (Wildman–Crippen LogP) is 4.48. The van der Waals surface area contributed by atoms with Gasteiger partial charge in [0.25, 0.3) is 0 Å². The maximum absolute atomic E-state index is 6.02. The highest BCUT2D eigenvalue weighted by atomic mass is 16.5. The molecule has 164 valence electrons. The third-order valence-electron chi connectivity index (χ3n) is 4.96. The summed E-state index contributed by atoms with van der Waals surface area (Å²) in [6, 6.07) is 27.4. The lowest BCUT2D eigenvalue weighted by Gasteiger charge is -2.13. The van der Waals surface area contributed by atoms with Crippen molar-refractivity contribution < 1.29 is 14.2 Å². The minimum absolute atomic E-state index is 0.277. The van der Waals surface area contributed by atoms with Crippen LogP contribution in [0, 0.1) is 0 Å². The minimum Gasteiger partial charge on any atom is -0.486 e. The van der Waals surface area contributed by atoms with Gasteiger partial charge in [0.1, 0.15) is 25.6 Å². The molecular weight excluding hydrogens is 418 g/mol. The highest BCUT2D eigenvalue weighted by Crippen LogP contribution is 2.28. The van der Waals surface area contributed by atoms with Gasteiger partial charge in [-0.1, -0.05) is 48.5 Å². The van der Waals surface area contributed by atoms with E-state index in [1.54, 1.807) is 0 Å². The Morgan fingerprint density at radius 1 is 0.667 bits per heavy atom. The Bertz CT molecular complexity index is 1320. The first kappa shape index (κ1) is 20.4. The number of rotatable bonds is 9. The van der Waals surface area contributed by atoms with E-state index in [0.29, 0.717) is 30.5 Å². The zero-order chi connectivity index (χ0) is 22.3. The van der Waals surface area contributed by atoms with E-state index in [9.17, 15) is 0 Å². The lowest BCUT2D eigenvalue weighted by Crippen LogP contribution is -2.02. The second kappa shape index (κ2) is 9.78. The monoisotopic (exact) mass is 439 g/mol. The number of tetrazole rings is 1. The molecule has 0 saturated heterocycles. The van der Waals surface area contributed by atoms with E-state index in [-0.39, 0.29) is 6.61 Å². The smallest absolute Gasteiger partial charge is 0.186 e. The molecule has 5 aromatic rings. The molecule has 1 N–H and O–H groups in total. The molecular formula is C25H21N5O3. The average Bonchev–Trinajstić information content (AvgIpc) is 3.40. The van der Waals surface area contributed by atoms with Crippen LogP contribution < -0.4 is 14.2 Å². The molecule has 0 atom stereocenters. The second-order valence-corrected chi connectivity index (χ2v) is 7.30. The molecule has 0 saturated carbocycles. The minimum atomic E-state index is 0.277. The number of pyridine rings is 1. The van der Waals surface area contributed by atoms with E-state index in [2.05, 4.69) is 31.7 Å². The van der Waals surface area contributed by atoms with Gasteiger partial charge in [-0.2, -0.15) is 0 Å². The molecule has 5 rings (SSSR count). The van der Waals surface area contributed by atoms with E-state index in [4.69, 9.17) is 14.2 Å². The Kier molecular flexibility index (Phi) is 6.06. The van der Waals surface area contributed by atoms with E-state index in [1.165, 1.54) is 0 Å². The fraction of sp³-hybridized carbons (Fsp3) is 0.120. The van der Waals surface area contributed by atoms with Crippen molar-refractivity contribution in [2.24, 2.45) is 0 Å². The van der Waals surface area contributed by atoms with Crippen molar-refractivity contribution in [1.29, 1.82) is 0 Å². The van der Waals surface area contributed by atoms with Gasteiger partial charge in [-0.05, 0) is 52.4 Å². The second-order valence-electron chi connectivity index (χ2n) is 7.30. The van der Waals surface area contributed by atoms with Crippen LogP contribution in [0.5, 0.6) is 17.2 Å². The lowest BCUT2D eigenvalue weighted by atomic mass is 10.2. The molecule has 0 spiro atoms. The summed E-state index contributed by atoms with van der Waals surface area (Å²) in [5.74, 6) is 2.64. The normalized spacial score (nSPS) is 10.8. The Labute approximate surface area is 190 Å². The molecule has 0 unspecified atom stereocenters. The molecule has 0 fully saturated rings. The highest BCUT2D eigenvalue weighted by Gasteiger charge is 2.07. The Hall–Kier alpha value is -4.46. The zero-order valence-electron chi connectivity index (χ0n) is 17.7. The van der Waals surface area contributed by atoms with Gasteiger partial charge in [-0.25, -0.2) is 10.1 Å². The van der Waals surface area contributed by atoms with Crippen LogP contribution in [-0.2, 0) is 19.8 Å². The van der Waals surface area contributed by atoms with Crippen molar-refractivity contribution in [3.63, 3.8) is 0 Å². The van der Waals surface area contributed by atoms with Crippen molar-refractivity contribution >= 4 is 10.9 Å². The fourth-order valence-corrected chi connectivity index (χ4v) is 3.26. The number of nitrogens with one attached hydrogen (secondary N) is 1. The van der Waals surface area contributed by atoms with Crippen molar-refractivity contribution in [2.45, 2.75) is 19.8 Å². The number of aromatic amines is 1. The molecule has 0 aliphatic carbocycles. The summed E-state index contributed by atoms with van der Waals surface area (Å²) in [6.07, 6.45) is 0. The van der Waals surface area contributed by atoms with Crippen LogP contribution in [0.3, 0.4) is 0 Å². The standard InChI is InChI=1S/C25H21N5O3/c1-2-6-22-19(5-1)11-12-20(26-22)16-33-24-8-4-3-7-23(24)32-15-18-9-13-21(14-10-18)31-17-25-27-29-30-28-25/h1-14H,15-17H2,(H,27,28,29,30). The van der Waals surface area contributed by atoms with Crippen LogP contribution in [-0.4, -0.2) is 25.6 Å². The van der Waals surface area contributed by atoms with Crippen LogP contribution >= 0.6 is 0 Å². The van der Waals surface area contributed by atoms with Gasteiger partial charge in [0.05, 0.1) is 11.2 Å². The van der Waals surface area contributed by atoms with E-state index in [0.717, 1.165) is 27.9 Å². The van der Waals surface area contributed by atoms with Gasteiger partial charge in [0.2, 0.25) is 0 Å². The number of para-hydroxylation sites is 3. The van der Waals surface area contributed by atoms with Crippen molar-refractivity contribution in [1.82, 2.24) is 25.6 Å². The van der Waals surface area contributed by atoms with Gasteiger partial charge in [-0.15, -0.1) is 5.10 Å². The molecule has 0 amide bonds. The molecule has 33 heavy (non-hydrogen) atoms. The molecule has 0 aliphatic heterocycles. The van der Waals surface area contributed by atoms with E-state index in [1.807, 2.05) is 78.9 Å². The molecule has 0 radical (unpaired) electrons. The maximum atomic E-state index is 6.02. The predicted molar refractivity (Wildman–Crippen MR) is 122 cm³/mol. The first-order chi connectivity index (χ1) is 16.3. The number of benzene rings is 3. The molecule has 2 heterocycles. The topological polar surface area (TPSA) is 95.0 Å². The fourth-order valence-electron chi connectivity index (χ4n) is 3.26. The van der Waals surface area contributed by atoms with Gasteiger partial charge >= 0.3 is 0 Å². The van der Waals surface area contributed by atoms with Crippen LogP contribution in [0.15, 0.2) is 84.9 Å². The third kappa shape index (κ3) is 5.24. The largest absolute Gasteiger partial charge is 0.486 e. The van der Waals surface area contributed by atoms with E-state index >= 15 is 0 Å². The molecule has 0 bridgehead atoms. The number of aromatic nitrogens is 5. The molecule has 0 aliphatic rings. The number of fused-ring (bicyclic) bond motifs is 1. The Morgan fingerprint density at radius 2 is 1.42 bits per heavy atom. The number of hydrogen-bond acceptors (Lipinski definition) is 7. The van der Waals surface area contributed by atoms with Gasteiger partial charge in [-0.3, -0.25) is 0 Å². The lowest BCUT2D eigenvalue weighted by molar-refractivity contribution is 0.254. The number of nitrogens with zero attached hydrogens (tertiary/aromatic N) is 4. The first-order valence-electron chi connectivity index (χ1n) is 10.5. The van der Waals surface area contributed by atoms with Crippen LogP contribution in [0.4, 0.5) is 0 Å². The van der Waals surface area contributed by atoms with E-state index < -0.39 is 0 Å². The molecule has 3 aromatic carbocycles. The van der Waals surface area contributed by atoms with Gasteiger partial charge in [0.15, 0.2) is 17.3 Å². The summed E-state index contributed by atoms with van der Waals surface area (Å²) in [5, 5.41) is 14.6. The van der Waals surface area contributed by atoms with Gasteiger partial charge in [0, 0.05) is 5.39 Å². The van der Waals surface area contributed by atoms with Crippen molar-refractivity contribution in [3.8, 4) is 17.2 Å². The van der Waals surface area contributed by atoms with Crippen LogP contribution in [0.2, 0.25) is 0 Å². The zero-order valence-corrected chi connectivity index (χ0v) is 17.7. The highest BCUT2D eigenvalue weighted by molar-refractivity contribution is 5.78. The summed E-state index contributed by atoms with van der Waals surface area (Å²) in [7, 11) is 0. The summed E-state index contributed by atoms with van der Waals surface area (Å²) < 4.78 is 17.7. The maximum Gasteiger partial charge on any atom is 0.186 e. The van der Waals surface area contributed by atoms with Crippen molar-refractivity contribution in [2.75, 3.05) is 0 Å². The number of ether oxygens (including phenoxy) is 3. The SMILES string of the molecule is c1ccc(OCc2ccc3ccccc3n2)c(OCc2ccc(OCc3nnn[nH]3)cc2)c1. The number of hydrogen-bond donors (Lipinski definition) is 1. The number of H-pyrrole nitrogens is 1. The Balaban J connectivity index is 1.18. The summed E-state index contributed by atoms with van der Waals surface area (Å²) >= 11 is 0. The van der Waals surface area contributed by atoms with Crippen LogP contribution in [0.25, 0.3) is 10.9 Å². The van der Waals surface area contributed by atoms with Crippen molar-refractivity contribution in [3.05, 3.63) is 102 Å². The summed E-state index contributed by atoms with van der Waals surface area (Å²) in [6.45, 7) is 1.04. The molecule has 8 heteroatoms. The summed E-state index contributed by atoms with van der Waals surface area (Å²) in [4.78, 5) is 4.66. The van der Waals surface area contributed by atoms with Crippen LogP contribution in [0.1, 0.15) is 17.1 Å². The Morgan fingerprint density at radius 3 is 2.21 bits per heavy atom. The molecule has 2 aromatic heterocycles. The quantitative estimate of drug-likeness (QED) is 0.362. The summed E-state index contributed by atoms with van der Waals surface area (Å²) in [5.41, 5.74) is 2.82. The molecule has 8 nitrogen and oxygen atoms in total. The average molecular weight is 439 g/mol.